The van der Waals surface area contributed by atoms with Gasteiger partial charge in [0.15, 0.2) is 0 Å². The van der Waals surface area contributed by atoms with Crippen LogP contribution in [0.5, 0.6) is 0 Å². The summed E-state index contributed by atoms with van der Waals surface area (Å²) >= 11 is 5.59. The van der Waals surface area contributed by atoms with Crippen LogP contribution in [0.4, 0.5) is 4.39 Å². The summed E-state index contributed by atoms with van der Waals surface area (Å²) in [5.74, 6) is -1.76. The maximum Gasteiger partial charge on any atom is 0.237 e. The summed E-state index contributed by atoms with van der Waals surface area (Å²) in [5, 5.41) is 2.68. The van der Waals surface area contributed by atoms with Crippen LogP contribution in [0.1, 0.15) is 12.0 Å². The standard InChI is InChI=1S/C11H13ClFN3O2/c12-7-2-1-6(8(13)3-7)5-16-11(18)9(14)4-10(15)17/h1-3,9H,4-5,14H2,(H2,15,17)(H,16,18)/t9-/m0/s1. The molecule has 0 aliphatic rings. The summed E-state index contributed by atoms with van der Waals surface area (Å²) in [5.41, 5.74) is 10.6. The average molecular weight is 274 g/mol. The van der Waals surface area contributed by atoms with Gasteiger partial charge in [0.05, 0.1) is 12.5 Å². The third-order valence-corrected chi connectivity index (χ3v) is 2.46. The Kier molecular flexibility index (Phi) is 5.06. The van der Waals surface area contributed by atoms with Crippen LogP contribution in [0.25, 0.3) is 0 Å². The number of nitrogens with one attached hydrogen (secondary N) is 1. The fraction of sp³-hybridized carbons (Fsp3) is 0.273. The summed E-state index contributed by atoms with van der Waals surface area (Å²) in [4.78, 5) is 22.0. The molecule has 0 aliphatic heterocycles. The van der Waals surface area contributed by atoms with Crippen molar-refractivity contribution < 1.29 is 14.0 Å². The second-order valence-corrected chi connectivity index (χ2v) is 4.17. The number of halogens is 2. The molecule has 0 aromatic heterocycles. The lowest BCUT2D eigenvalue weighted by molar-refractivity contribution is -0.126. The number of hydrogen-bond donors (Lipinski definition) is 3. The van der Waals surface area contributed by atoms with E-state index in [9.17, 15) is 14.0 Å². The molecule has 0 aliphatic carbocycles. The zero-order valence-electron chi connectivity index (χ0n) is 9.45. The molecule has 1 aromatic rings. The van der Waals surface area contributed by atoms with Crippen LogP contribution >= 0.6 is 11.6 Å². The molecule has 0 spiro atoms. The molecule has 7 heteroatoms. The number of hydrogen-bond acceptors (Lipinski definition) is 3. The largest absolute Gasteiger partial charge is 0.370 e. The summed E-state index contributed by atoms with van der Waals surface area (Å²) in [6.07, 6.45) is -0.255. The first-order valence-corrected chi connectivity index (χ1v) is 5.53. The summed E-state index contributed by atoms with van der Waals surface area (Å²) < 4.78 is 13.4. The number of nitrogens with two attached hydrogens (primary N) is 2. The van der Waals surface area contributed by atoms with Crippen molar-refractivity contribution >= 4 is 23.4 Å². The van der Waals surface area contributed by atoms with E-state index < -0.39 is 23.7 Å². The molecule has 5 N–H and O–H groups in total. The Labute approximate surface area is 108 Å². The molecule has 0 unspecified atom stereocenters. The third kappa shape index (κ3) is 4.31. The Morgan fingerprint density at radius 1 is 1.44 bits per heavy atom. The first kappa shape index (κ1) is 14.4. The van der Waals surface area contributed by atoms with Crippen molar-refractivity contribution in [3.05, 3.63) is 34.6 Å². The van der Waals surface area contributed by atoms with Crippen LogP contribution in [0, 0.1) is 5.82 Å². The topological polar surface area (TPSA) is 98.2 Å². The molecule has 18 heavy (non-hydrogen) atoms. The van der Waals surface area contributed by atoms with E-state index in [1.165, 1.54) is 12.1 Å². The Morgan fingerprint density at radius 2 is 2.11 bits per heavy atom. The Morgan fingerprint density at radius 3 is 2.67 bits per heavy atom. The normalized spacial score (nSPS) is 11.9. The van der Waals surface area contributed by atoms with Gasteiger partial charge in [-0.3, -0.25) is 9.59 Å². The predicted octanol–water partition coefficient (Wildman–Crippen LogP) is 0.298. The van der Waals surface area contributed by atoms with Gasteiger partial charge in [-0.05, 0) is 12.1 Å². The van der Waals surface area contributed by atoms with E-state index in [1.807, 2.05) is 0 Å². The maximum atomic E-state index is 13.4. The maximum absolute atomic E-state index is 13.4. The van der Waals surface area contributed by atoms with Crippen LogP contribution in [-0.4, -0.2) is 17.9 Å². The second kappa shape index (κ2) is 6.32. The van der Waals surface area contributed by atoms with E-state index in [4.69, 9.17) is 23.1 Å². The number of amides is 2. The van der Waals surface area contributed by atoms with Gasteiger partial charge in [-0.2, -0.15) is 0 Å². The van der Waals surface area contributed by atoms with Crippen LogP contribution in [0.3, 0.4) is 0 Å². The van der Waals surface area contributed by atoms with Gasteiger partial charge in [0, 0.05) is 17.1 Å². The lowest BCUT2D eigenvalue weighted by atomic mass is 10.1. The number of carbonyl (C=O) groups is 2. The molecular weight excluding hydrogens is 261 g/mol. The van der Waals surface area contributed by atoms with E-state index in [-0.39, 0.29) is 23.6 Å². The summed E-state index contributed by atoms with van der Waals surface area (Å²) in [6, 6.07) is 3.08. The van der Waals surface area contributed by atoms with Gasteiger partial charge < -0.3 is 16.8 Å². The Balaban J connectivity index is 2.54. The SMILES string of the molecule is NC(=O)C[C@H](N)C(=O)NCc1ccc(Cl)cc1F. The highest BCUT2D eigenvalue weighted by Crippen LogP contribution is 2.14. The number of benzene rings is 1. The smallest absolute Gasteiger partial charge is 0.237 e. The lowest BCUT2D eigenvalue weighted by Gasteiger charge is -2.11. The van der Waals surface area contributed by atoms with Crippen molar-refractivity contribution in [2.75, 3.05) is 0 Å². The molecular formula is C11H13ClFN3O2. The van der Waals surface area contributed by atoms with Gasteiger partial charge in [-0.15, -0.1) is 0 Å². The minimum absolute atomic E-state index is 0.0334. The Bertz CT molecular complexity index is 468. The fourth-order valence-electron chi connectivity index (χ4n) is 1.29. The van der Waals surface area contributed by atoms with Crippen LogP contribution in [0.15, 0.2) is 18.2 Å². The second-order valence-electron chi connectivity index (χ2n) is 3.73. The molecule has 1 atom stereocenters. The average Bonchev–Trinajstić information content (AvgIpc) is 2.26. The van der Waals surface area contributed by atoms with Gasteiger partial charge in [0.25, 0.3) is 0 Å². The first-order valence-electron chi connectivity index (χ1n) is 5.15. The molecule has 98 valence electrons. The van der Waals surface area contributed by atoms with Crippen LogP contribution in [-0.2, 0) is 16.1 Å². The summed E-state index contributed by atoms with van der Waals surface area (Å²) in [7, 11) is 0. The molecule has 5 nitrogen and oxygen atoms in total. The molecule has 0 saturated heterocycles. The van der Waals surface area contributed by atoms with Gasteiger partial charge in [-0.25, -0.2) is 4.39 Å². The minimum Gasteiger partial charge on any atom is -0.370 e. The third-order valence-electron chi connectivity index (χ3n) is 2.23. The molecule has 1 rings (SSSR count). The van der Waals surface area contributed by atoms with Gasteiger partial charge in [0.1, 0.15) is 5.82 Å². The van der Waals surface area contributed by atoms with Gasteiger partial charge in [0.2, 0.25) is 11.8 Å². The molecule has 0 heterocycles. The fourth-order valence-corrected chi connectivity index (χ4v) is 1.45. The highest BCUT2D eigenvalue weighted by atomic mass is 35.5. The number of rotatable bonds is 5. The zero-order chi connectivity index (χ0) is 13.7. The van der Waals surface area contributed by atoms with E-state index in [1.54, 1.807) is 0 Å². The van der Waals surface area contributed by atoms with E-state index in [0.717, 1.165) is 6.07 Å². The monoisotopic (exact) mass is 273 g/mol. The van der Waals surface area contributed by atoms with Crippen LogP contribution in [0.2, 0.25) is 5.02 Å². The van der Waals surface area contributed by atoms with Gasteiger partial charge in [-0.1, -0.05) is 17.7 Å². The van der Waals surface area contributed by atoms with Crippen molar-refractivity contribution in [1.29, 1.82) is 0 Å². The molecule has 0 radical (unpaired) electrons. The van der Waals surface area contributed by atoms with Crippen molar-refractivity contribution in [1.82, 2.24) is 5.32 Å². The van der Waals surface area contributed by atoms with E-state index in [0.29, 0.717) is 0 Å². The first-order chi connectivity index (χ1) is 8.40. The lowest BCUT2D eigenvalue weighted by Crippen LogP contribution is -2.42. The highest BCUT2D eigenvalue weighted by molar-refractivity contribution is 6.30. The molecule has 0 bridgehead atoms. The van der Waals surface area contributed by atoms with E-state index >= 15 is 0 Å². The highest BCUT2D eigenvalue weighted by Gasteiger charge is 2.16. The predicted molar refractivity (Wildman–Crippen MR) is 65.0 cm³/mol. The number of carbonyl (C=O) groups excluding carboxylic acids is 2. The van der Waals surface area contributed by atoms with Crippen molar-refractivity contribution in [3.63, 3.8) is 0 Å². The van der Waals surface area contributed by atoms with Crippen molar-refractivity contribution in [3.8, 4) is 0 Å². The van der Waals surface area contributed by atoms with Crippen molar-refractivity contribution in [2.45, 2.75) is 19.0 Å². The number of primary amides is 1. The minimum atomic E-state index is -1.03. The Hall–Kier alpha value is -1.66. The zero-order valence-corrected chi connectivity index (χ0v) is 10.2. The van der Waals surface area contributed by atoms with Crippen LogP contribution < -0.4 is 16.8 Å². The quantitative estimate of drug-likeness (QED) is 0.719. The molecule has 2 amide bonds. The molecule has 0 saturated carbocycles. The summed E-state index contributed by atoms with van der Waals surface area (Å²) in [6.45, 7) is -0.0334. The van der Waals surface area contributed by atoms with Gasteiger partial charge >= 0.3 is 0 Å². The molecule has 0 fully saturated rings. The molecule has 1 aromatic carbocycles. The van der Waals surface area contributed by atoms with Crippen molar-refractivity contribution in [2.24, 2.45) is 11.5 Å². The van der Waals surface area contributed by atoms with E-state index in [2.05, 4.69) is 5.32 Å².